The number of esters is 1. The van der Waals surface area contributed by atoms with Crippen LogP contribution in [0.1, 0.15) is 42.3 Å². The highest BCUT2D eigenvalue weighted by atomic mass is 79.9. The lowest BCUT2D eigenvalue weighted by Crippen LogP contribution is -2.16. The topological polar surface area (TPSA) is 61.8 Å². The molecule has 1 aromatic heterocycles. The van der Waals surface area contributed by atoms with E-state index < -0.39 is 5.92 Å². The Bertz CT molecular complexity index is 786. The summed E-state index contributed by atoms with van der Waals surface area (Å²) >= 11 is 4.83. The van der Waals surface area contributed by atoms with Gasteiger partial charge in [-0.2, -0.15) is 0 Å². The normalized spacial score (nSPS) is 12.0. The van der Waals surface area contributed by atoms with Crippen molar-refractivity contribution in [2.75, 3.05) is 26.2 Å². The van der Waals surface area contributed by atoms with E-state index in [9.17, 15) is 9.59 Å². The molecular weight excluding hydrogens is 432 g/mol. The van der Waals surface area contributed by atoms with E-state index in [0.29, 0.717) is 23.0 Å². The quantitative estimate of drug-likeness (QED) is 0.200. The molecule has 0 aliphatic carbocycles. The number of alkyl halides is 1. The molecule has 0 bridgehead atoms. The van der Waals surface area contributed by atoms with Gasteiger partial charge in [0.2, 0.25) is 0 Å². The van der Waals surface area contributed by atoms with Crippen LogP contribution in [0, 0.1) is 5.92 Å². The molecule has 0 spiro atoms. The number of hydrogen-bond donors (Lipinski definition) is 0. The number of unbranched alkanes of at least 4 members (excludes halogenated alkanes) is 2. The summed E-state index contributed by atoms with van der Waals surface area (Å²) in [5.74, 6) is 0.447. The van der Waals surface area contributed by atoms with Crippen LogP contribution in [0.2, 0.25) is 0 Å². The third kappa shape index (κ3) is 5.94. The van der Waals surface area contributed by atoms with Crippen LogP contribution in [0.4, 0.5) is 0 Å². The van der Waals surface area contributed by atoms with Crippen molar-refractivity contribution in [2.24, 2.45) is 5.92 Å². The molecule has 2 aromatic rings. The molecular formula is C20H25BrO5S. The summed E-state index contributed by atoms with van der Waals surface area (Å²) in [6, 6.07) is 5.65. The van der Waals surface area contributed by atoms with E-state index in [0.717, 1.165) is 34.7 Å². The predicted molar refractivity (Wildman–Crippen MR) is 112 cm³/mol. The molecule has 148 valence electrons. The molecule has 0 amide bonds. The Labute approximate surface area is 172 Å². The summed E-state index contributed by atoms with van der Waals surface area (Å²) < 4.78 is 17.0. The van der Waals surface area contributed by atoms with Gasteiger partial charge in [-0.3, -0.25) is 9.59 Å². The molecule has 7 heteroatoms. The van der Waals surface area contributed by atoms with Gasteiger partial charge in [-0.05, 0) is 36.8 Å². The van der Waals surface area contributed by atoms with E-state index in [-0.39, 0.29) is 18.2 Å². The average Bonchev–Trinajstić information content (AvgIpc) is 3.09. The number of ketones is 1. The minimum absolute atomic E-state index is 0.0645. The summed E-state index contributed by atoms with van der Waals surface area (Å²) in [5, 5.41) is 1.93. The predicted octanol–water partition coefficient (Wildman–Crippen LogP) is 5.24. The van der Waals surface area contributed by atoms with Gasteiger partial charge in [0.25, 0.3) is 0 Å². The zero-order valence-corrected chi connectivity index (χ0v) is 18.3. The van der Waals surface area contributed by atoms with Crippen LogP contribution in [-0.2, 0) is 9.53 Å². The number of benzene rings is 1. The summed E-state index contributed by atoms with van der Waals surface area (Å²) in [6.07, 6.45) is 3.34. The van der Waals surface area contributed by atoms with E-state index in [1.165, 1.54) is 18.4 Å². The molecule has 2 rings (SSSR count). The molecule has 0 unspecified atom stereocenters. The van der Waals surface area contributed by atoms with E-state index >= 15 is 0 Å². The van der Waals surface area contributed by atoms with Gasteiger partial charge in [-0.15, -0.1) is 11.3 Å². The minimum Gasteiger partial charge on any atom is -0.493 e. The smallest absolute Gasteiger partial charge is 0.308 e. The fourth-order valence-corrected chi connectivity index (χ4v) is 4.09. The Kier molecular flexibility index (Phi) is 8.57. The van der Waals surface area contributed by atoms with Crippen LogP contribution in [0.5, 0.6) is 11.5 Å². The molecule has 0 fully saturated rings. The van der Waals surface area contributed by atoms with Crippen LogP contribution in [-0.4, -0.2) is 37.9 Å². The molecule has 0 saturated carbocycles. The van der Waals surface area contributed by atoms with E-state index in [4.69, 9.17) is 14.2 Å². The van der Waals surface area contributed by atoms with Crippen LogP contribution in [0.25, 0.3) is 10.1 Å². The maximum atomic E-state index is 12.5. The Morgan fingerprint density at radius 2 is 1.89 bits per heavy atom. The molecule has 0 radical (unpaired) electrons. The SMILES string of the molecule is COC(=O)[C@@H](C)CC(=O)c1cc2cc(OC)c(OCCCCCBr)cc2s1. The summed E-state index contributed by atoms with van der Waals surface area (Å²) in [7, 11) is 2.94. The highest BCUT2D eigenvalue weighted by Crippen LogP contribution is 2.37. The summed E-state index contributed by atoms with van der Waals surface area (Å²) in [5.41, 5.74) is 0. The van der Waals surface area contributed by atoms with Crippen LogP contribution < -0.4 is 9.47 Å². The second-order valence-electron chi connectivity index (χ2n) is 6.30. The number of halogens is 1. The first kappa shape index (κ1) is 21.7. The zero-order chi connectivity index (χ0) is 19.8. The largest absolute Gasteiger partial charge is 0.493 e. The molecule has 5 nitrogen and oxygen atoms in total. The van der Waals surface area contributed by atoms with Crippen molar-refractivity contribution in [3.8, 4) is 11.5 Å². The number of fused-ring (bicyclic) bond motifs is 1. The Morgan fingerprint density at radius 1 is 1.11 bits per heavy atom. The first-order chi connectivity index (χ1) is 13.0. The Morgan fingerprint density at radius 3 is 2.56 bits per heavy atom. The minimum atomic E-state index is -0.458. The fraction of sp³-hybridized carbons (Fsp3) is 0.500. The summed E-state index contributed by atoms with van der Waals surface area (Å²) in [4.78, 5) is 24.7. The van der Waals surface area contributed by atoms with Gasteiger partial charge in [0, 0.05) is 22.5 Å². The molecule has 27 heavy (non-hydrogen) atoms. The lowest BCUT2D eigenvalue weighted by molar-refractivity contribution is -0.144. The van der Waals surface area contributed by atoms with Gasteiger partial charge in [-0.25, -0.2) is 0 Å². The van der Waals surface area contributed by atoms with Crippen molar-refractivity contribution in [3.05, 3.63) is 23.1 Å². The first-order valence-corrected chi connectivity index (χ1v) is 10.8. The number of hydrogen-bond acceptors (Lipinski definition) is 6. The molecule has 0 aliphatic rings. The zero-order valence-electron chi connectivity index (χ0n) is 15.9. The third-order valence-corrected chi connectivity index (χ3v) is 5.91. The first-order valence-electron chi connectivity index (χ1n) is 8.91. The van der Waals surface area contributed by atoms with Crippen molar-refractivity contribution in [3.63, 3.8) is 0 Å². The standard InChI is InChI=1S/C20H25BrO5S/c1-13(20(23)25-3)9-15(22)19-11-14-10-16(24-2)17(12-18(14)27-19)26-8-6-4-5-7-21/h10-13H,4-9H2,1-3H3/t13-/m0/s1. The maximum absolute atomic E-state index is 12.5. The molecule has 1 aromatic carbocycles. The number of Topliss-reactive ketones (excluding diaryl/α,β-unsaturated/α-hetero) is 1. The van der Waals surface area contributed by atoms with Gasteiger partial charge in [-0.1, -0.05) is 22.9 Å². The number of thiophene rings is 1. The molecule has 1 heterocycles. The molecule has 0 N–H and O–H groups in total. The van der Waals surface area contributed by atoms with Crippen molar-refractivity contribution in [2.45, 2.75) is 32.6 Å². The number of carbonyl (C=O) groups excluding carboxylic acids is 2. The van der Waals surface area contributed by atoms with Gasteiger partial charge in [0.15, 0.2) is 17.3 Å². The fourth-order valence-electron chi connectivity index (χ4n) is 2.68. The van der Waals surface area contributed by atoms with Gasteiger partial charge in [0.05, 0.1) is 31.6 Å². The Hall–Kier alpha value is -1.60. The Balaban J connectivity index is 2.13. The van der Waals surface area contributed by atoms with Gasteiger partial charge in [0.1, 0.15) is 0 Å². The van der Waals surface area contributed by atoms with Crippen molar-refractivity contribution >= 4 is 49.1 Å². The van der Waals surface area contributed by atoms with E-state index in [1.807, 2.05) is 18.2 Å². The molecule has 0 aliphatic heterocycles. The lowest BCUT2D eigenvalue weighted by atomic mass is 10.0. The van der Waals surface area contributed by atoms with Crippen molar-refractivity contribution < 1.29 is 23.8 Å². The second kappa shape index (κ2) is 10.7. The van der Waals surface area contributed by atoms with Gasteiger partial charge < -0.3 is 14.2 Å². The van der Waals surface area contributed by atoms with Gasteiger partial charge >= 0.3 is 5.97 Å². The number of carbonyl (C=O) groups is 2. The lowest BCUT2D eigenvalue weighted by Gasteiger charge is -2.10. The highest BCUT2D eigenvalue weighted by molar-refractivity contribution is 9.09. The highest BCUT2D eigenvalue weighted by Gasteiger charge is 2.20. The van der Waals surface area contributed by atoms with E-state index in [2.05, 4.69) is 15.9 Å². The number of methoxy groups -OCH3 is 2. The second-order valence-corrected chi connectivity index (χ2v) is 8.18. The van der Waals surface area contributed by atoms with Crippen LogP contribution in [0.3, 0.4) is 0 Å². The van der Waals surface area contributed by atoms with Crippen molar-refractivity contribution in [1.82, 2.24) is 0 Å². The molecule has 0 saturated heterocycles. The van der Waals surface area contributed by atoms with Crippen LogP contribution >= 0.6 is 27.3 Å². The number of rotatable bonds is 11. The van der Waals surface area contributed by atoms with Crippen molar-refractivity contribution in [1.29, 1.82) is 0 Å². The average molecular weight is 457 g/mol. The maximum Gasteiger partial charge on any atom is 0.308 e. The van der Waals surface area contributed by atoms with Crippen LogP contribution in [0.15, 0.2) is 18.2 Å². The monoisotopic (exact) mass is 456 g/mol. The third-order valence-electron chi connectivity index (χ3n) is 4.21. The van der Waals surface area contributed by atoms with E-state index in [1.54, 1.807) is 14.0 Å². The summed E-state index contributed by atoms with van der Waals surface area (Å²) in [6.45, 7) is 2.32. The number of ether oxygens (including phenoxy) is 3. The molecule has 1 atom stereocenters.